The number of carboxylic acid groups (broad SMARTS) is 1. The van der Waals surface area contributed by atoms with Crippen molar-refractivity contribution in [3.63, 3.8) is 0 Å². The minimum Gasteiger partial charge on any atom is -0.476 e. The van der Waals surface area contributed by atoms with Crippen molar-refractivity contribution in [2.75, 3.05) is 0 Å². The van der Waals surface area contributed by atoms with Crippen LogP contribution in [0.5, 0.6) is 0 Å². The smallest absolute Gasteiger partial charge is 0.356 e. The molecule has 19 heavy (non-hydrogen) atoms. The van der Waals surface area contributed by atoms with Crippen molar-refractivity contribution in [1.82, 2.24) is 14.6 Å². The van der Waals surface area contributed by atoms with Crippen LogP contribution < -0.4 is 0 Å². The van der Waals surface area contributed by atoms with E-state index in [0.717, 1.165) is 11.1 Å². The van der Waals surface area contributed by atoms with Crippen LogP contribution in [0.25, 0.3) is 16.8 Å². The molecule has 5 nitrogen and oxygen atoms in total. The lowest BCUT2D eigenvalue weighted by atomic mass is 10.1. The summed E-state index contributed by atoms with van der Waals surface area (Å²) in [6, 6.07) is 7.34. The fraction of sp³-hybridized carbons (Fsp3) is 0. The number of hydrogen-bond donors (Lipinski definition) is 1. The highest BCUT2D eigenvalue weighted by molar-refractivity contribution is 5.86. The molecule has 0 aliphatic rings. The van der Waals surface area contributed by atoms with Crippen molar-refractivity contribution < 1.29 is 14.3 Å². The minimum absolute atomic E-state index is 0.0660. The third kappa shape index (κ3) is 2.03. The van der Waals surface area contributed by atoms with E-state index in [0.29, 0.717) is 5.65 Å². The summed E-state index contributed by atoms with van der Waals surface area (Å²) >= 11 is 0. The van der Waals surface area contributed by atoms with Crippen LogP contribution in [0.2, 0.25) is 0 Å². The van der Waals surface area contributed by atoms with Crippen LogP contribution in [-0.2, 0) is 0 Å². The van der Waals surface area contributed by atoms with Crippen LogP contribution in [0.1, 0.15) is 10.5 Å². The van der Waals surface area contributed by atoms with Gasteiger partial charge in [0.15, 0.2) is 11.3 Å². The predicted octanol–water partition coefficient (Wildman–Crippen LogP) is 2.23. The van der Waals surface area contributed by atoms with Crippen LogP contribution in [-0.4, -0.2) is 25.7 Å². The van der Waals surface area contributed by atoms with E-state index >= 15 is 0 Å². The largest absolute Gasteiger partial charge is 0.476 e. The number of benzene rings is 1. The molecule has 0 saturated heterocycles. The molecule has 0 aliphatic carbocycles. The van der Waals surface area contributed by atoms with Gasteiger partial charge in [0.25, 0.3) is 0 Å². The molecule has 0 atom stereocenters. The standard InChI is InChI=1S/C13H8FN3O2/c14-10-3-1-8(2-4-10)9-6-15-12-5-11(13(18)19)16-17(12)7-9/h1-7H,(H,18,19). The average Bonchev–Trinajstić information content (AvgIpc) is 2.82. The Morgan fingerprint density at radius 1 is 1.21 bits per heavy atom. The lowest BCUT2D eigenvalue weighted by molar-refractivity contribution is 0.0690. The van der Waals surface area contributed by atoms with Gasteiger partial charge in [-0.25, -0.2) is 18.7 Å². The van der Waals surface area contributed by atoms with Gasteiger partial charge in [0, 0.05) is 24.0 Å². The highest BCUT2D eigenvalue weighted by Crippen LogP contribution is 2.19. The van der Waals surface area contributed by atoms with Crippen molar-refractivity contribution in [2.24, 2.45) is 0 Å². The van der Waals surface area contributed by atoms with Crippen LogP contribution in [0.3, 0.4) is 0 Å². The molecule has 1 aromatic carbocycles. The van der Waals surface area contributed by atoms with E-state index < -0.39 is 5.97 Å². The summed E-state index contributed by atoms with van der Waals surface area (Å²) in [4.78, 5) is 14.9. The summed E-state index contributed by atoms with van der Waals surface area (Å²) in [5, 5.41) is 12.8. The Morgan fingerprint density at radius 3 is 2.63 bits per heavy atom. The van der Waals surface area contributed by atoms with Crippen LogP contribution >= 0.6 is 0 Å². The molecule has 0 saturated carbocycles. The van der Waals surface area contributed by atoms with E-state index in [1.165, 1.54) is 22.7 Å². The van der Waals surface area contributed by atoms with Gasteiger partial charge in [-0.2, -0.15) is 5.10 Å². The molecule has 94 valence electrons. The number of nitrogens with zero attached hydrogens (tertiary/aromatic N) is 3. The highest BCUT2D eigenvalue weighted by Gasteiger charge is 2.10. The first-order valence-corrected chi connectivity index (χ1v) is 5.48. The van der Waals surface area contributed by atoms with Gasteiger partial charge in [-0.15, -0.1) is 0 Å². The van der Waals surface area contributed by atoms with Gasteiger partial charge < -0.3 is 5.11 Å². The number of halogens is 1. The van der Waals surface area contributed by atoms with Crippen molar-refractivity contribution in [3.8, 4) is 11.1 Å². The second kappa shape index (κ2) is 4.16. The summed E-state index contributed by atoms with van der Waals surface area (Å²) in [5.74, 6) is -1.42. The monoisotopic (exact) mass is 257 g/mol. The Labute approximate surface area is 107 Å². The van der Waals surface area contributed by atoms with Crippen LogP contribution in [0.15, 0.2) is 42.7 Å². The number of fused-ring (bicyclic) bond motifs is 1. The van der Waals surface area contributed by atoms with Crippen LogP contribution in [0.4, 0.5) is 4.39 Å². The first-order chi connectivity index (χ1) is 9.13. The van der Waals surface area contributed by atoms with E-state index in [9.17, 15) is 9.18 Å². The Balaban J connectivity index is 2.10. The lowest BCUT2D eigenvalue weighted by Crippen LogP contribution is -1.97. The topological polar surface area (TPSA) is 67.5 Å². The normalized spacial score (nSPS) is 10.8. The van der Waals surface area contributed by atoms with Gasteiger partial charge in [0.2, 0.25) is 0 Å². The van der Waals surface area contributed by atoms with Crippen LogP contribution in [0, 0.1) is 5.82 Å². The molecule has 6 heteroatoms. The number of hydrogen-bond acceptors (Lipinski definition) is 3. The Bertz CT molecular complexity index is 765. The van der Waals surface area contributed by atoms with E-state index in [4.69, 9.17) is 5.11 Å². The molecule has 0 bridgehead atoms. The second-order valence-electron chi connectivity index (χ2n) is 3.99. The third-order valence-corrected chi connectivity index (χ3v) is 2.71. The van der Waals surface area contributed by atoms with Crippen molar-refractivity contribution in [1.29, 1.82) is 0 Å². The molecule has 3 aromatic rings. The SMILES string of the molecule is O=C(O)c1cc2ncc(-c3ccc(F)cc3)cn2n1. The van der Waals surface area contributed by atoms with E-state index in [2.05, 4.69) is 10.1 Å². The lowest BCUT2D eigenvalue weighted by Gasteiger charge is -2.01. The van der Waals surface area contributed by atoms with Gasteiger partial charge in [-0.3, -0.25) is 0 Å². The molecule has 1 N–H and O–H groups in total. The van der Waals surface area contributed by atoms with E-state index in [-0.39, 0.29) is 11.5 Å². The molecule has 0 unspecified atom stereocenters. The van der Waals surface area contributed by atoms with E-state index in [1.54, 1.807) is 24.5 Å². The molecule has 3 rings (SSSR count). The fourth-order valence-corrected chi connectivity index (χ4v) is 1.77. The summed E-state index contributed by atoms with van der Waals surface area (Å²) < 4.78 is 14.2. The van der Waals surface area contributed by atoms with Gasteiger partial charge in [0.1, 0.15) is 5.82 Å². The summed E-state index contributed by atoms with van der Waals surface area (Å²) in [6.07, 6.45) is 3.25. The Kier molecular flexibility index (Phi) is 2.49. The zero-order chi connectivity index (χ0) is 13.4. The number of aromatic nitrogens is 3. The quantitative estimate of drug-likeness (QED) is 0.764. The Hall–Kier alpha value is -2.76. The second-order valence-corrected chi connectivity index (χ2v) is 3.99. The Morgan fingerprint density at radius 2 is 1.95 bits per heavy atom. The van der Waals surface area contributed by atoms with Crippen molar-refractivity contribution in [2.45, 2.75) is 0 Å². The summed E-state index contributed by atoms with van der Waals surface area (Å²) in [6.45, 7) is 0. The number of carbonyl (C=O) groups is 1. The van der Waals surface area contributed by atoms with Gasteiger partial charge >= 0.3 is 5.97 Å². The fourth-order valence-electron chi connectivity index (χ4n) is 1.77. The maximum atomic E-state index is 12.8. The van der Waals surface area contributed by atoms with E-state index in [1.807, 2.05) is 0 Å². The maximum Gasteiger partial charge on any atom is 0.356 e. The number of rotatable bonds is 2. The maximum absolute atomic E-state index is 12.8. The molecular formula is C13H8FN3O2. The molecular weight excluding hydrogens is 249 g/mol. The van der Waals surface area contributed by atoms with Crippen molar-refractivity contribution >= 4 is 11.6 Å². The third-order valence-electron chi connectivity index (χ3n) is 2.71. The highest BCUT2D eigenvalue weighted by atomic mass is 19.1. The predicted molar refractivity (Wildman–Crippen MR) is 65.3 cm³/mol. The first-order valence-electron chi connectivity index (χ1n) is 5.48. The average molecular weight is 257 g/mol. The number of aromatic carboxylic acids is 1. The molecule has 2 aromatic heterocycles. The van der Waals surface area contributed by atoms with Crippen molar-refractivity contribution in [3.05, 3.63) is 54.2 Å². The molecule has 0 radical (unpaired) electrons. The zero-order valence-corrected chi connectivity index (χ0v) is 9.62. The van der Waals surface area contributed by atoms with Gasteiger partial charge in [-0.1, -0.05) is 12.1 Å². The zero-order valence-electron chi connectivity index (χ0n) is 9.62. The molecule has 0 fully saturated rings. The molecule has 0 aliphatic heterocycles. The van der Waals surface area contributed by atoms with Gasteiger partial charge in [-0.05, 0) is 17.7 Å². The molecule has 2 heterocycles. The molecule has 0 spiro atoms. The summed E-state index contributed by atoms with van der Waals surface area (Å²) in [7, 11) is 0. The number of carboxylic acids is 1. The minimum atomic E-state index is -1.10. The first kappa shape index (κ1) is 11.3. The van der Waals surface area contributed by atoms with Gasteiger partial charge in [0.05, 0.1) is 0 Å². The summed E-state index contributed by atoms with van der Waals surface area (Å²) in [5.41, 5.74) is 1.89. The molecule has 0 amide bonds.